The molecule has 0 fully saturated rings. The summed E-state index contributed by atoms with van der Waals surface area (Å²) in [6, 6.07) is 7.93. The second-order valence-electron chi connectivity index (χ2n) is 5.77. The van der Waals surface area contributed by atoms with E-state index in [9.17, 15) is 4.79 Å². The summed E-state index contributed by atoms with van der Waals surface area (Å²) in [6.45, 7) is 0.673. The van der Waals surface area contributed by atoms with E-state index in [-0.39, 0.29) is 5.56 Å². The number of hydrogen-bond acceptors (Lipinski definition) is 5. The maximum absolute atomic E-state index is 12.1. The SMILES string of the molecule is CN(CCc1nc2ccccc2[nH]1)c1nc2c(cnn2C)c(=O)[nH]1. The number of imidazole rings is 1. The fraction of sp³-hybridized carbons (Fsp3) is 0.250. The molecule has 0 saturated carbocycles. The van der Waals surface area contributed by atoms with Gasteiger partial charge in [0.05, 0.1) is 17.2 Å². The van der Waals surface area contributed by atoms with E-state index in [4.69, 9.17) is 0 Å². The van der Waals surface area contributed by atoms with Crippen molar-refractivity contribution >= 4 is 28.0 Å². The summed E-state index contributed by atoms with van der Waals surface area (Å²) in [5.74, 6) is 1.43. The molecule has 122 valence electrons. The molecular weight excluding hydrogens is 306 g/mol. The maximum Gasteiger partial charge on any atom is 0.263 e. The van der Waals surface area contributed by atoms with Crippen molar-refractivity contribution < 1.29 is 0 Å². The van der Waals surface area contributed by atoms with Gasteiger partial charge < -0.3 is 9.88 Å². The van der Waals surface area contributed by atoms with E-state index in [0.29, 0.717) is 23.5 Å². The number of benzene rings is 1. The van der Waals surface area contributed by atoms with Crippen LogP contribution in [0.3, 0.4) is 0 Å². The zero-order valence-electron chi connectivity index (χ0n) is 13.4. The van der Waals surface area contributed by atoms with Crippen molar-refractivity contribution in [1.82, 2.24) is 29.7 Å². The number of nitrogens with zero attached hydrogens (tertiary/aromatic N) is 5. The highest BCUT2D eigenvalue weighted by Gasteiger charge is 2.11. The van der Waals surface area contributed by atoms with Crippen LogP contribution in [0.1, 0.15) is 5.82 Å². The van der Waals surface area contributed by atoms with Gasteiger partial charge >= 0.3 is 0 Å². The summed E-state index contributed by atoms with van der Waals surface area (Å²) in [5, 5.41) is 4.57. The lowest BCUT2D eigenvalue weighted by atomic mass is 10.3. The van der Waals surface area contributed by atoms with E-state index >= 15 is 0 Å². The Morgan fingerprint density at radius 2 is 2.04 bits per heavy atom. The largest absolute Gasteiger partial charge is 0.345 e. The minimum absolute atomic E-state index is 0.182. The van der Waals surface area contributed by atoms with E-state index in [0.717, 1.165) is 23.3 Å². The third kappa shape index (κ3) is 2.41. The molecule has 8 nitrogen and oxygen atoms in total. The van der Waals surface area contributed by atoms with Gasteiger partial charge in [0.2, 0.25) is 5.95 Å². The lowest BCUT2D eigenvalue weighted by Gasteiger charge is -2.16. The summed E-state index contributed by atoms with van der Waals surface area (Å²) in [5.41, 5.74) is 2.37. The number of nitrogens with one attached hydrogen (secondary N) is 2. The molecule has 1 aromatic carbocycles. The molecule has 0 atom stereocenters. The van der Waals surface area contributed by atoms with Crippen LogP contribution in [-0.2, 0) is 13.5 Å². The summed E-state index contributed by atoms with van der Waals surface area (Å²) >= 11 is 0. The van der Waals surface area contributed by atoms with Gasteiger partial charge in [-0.25, -0.2) is 4.98 Å². The monoisotopic (exact) mass is 323 g/mol. The molecule has 24 heavy (non-hydrogen) atoms. The molecule has 3 aromatic heterocycles. The minimum atomic E-state index is -0.182. The van der Waals surface area contributed by atoms with Crippen molar-refractivity contribution in [2.24, 2.45) is 7.05 Å². The van der Waals surface area contributed by atoms with Gasteiger partial charge in [-0.05, 0) is 12.1 Å². The van der Waals surface area contributed by atoms with E-state index in [1.807, 2.05) is 36.2 Å². The Morgan fingerprint density at radius 1 is 1.21 bits per heavy atom. The molecule has 0 radical (unpaired) electrons. The number of aromatic nitrogens is 6. The quantitative estimate of drug-likeness (QED) is 0.588. The molecule has 0 saturated heterocycles. The molecular formula is C16H17N7O. The topological polar surface area (TPSA) is 95.5 Å². The Labute approximate surface area is 137 Å². The predicted molar refractivity (Wildman–Crippen MR) is 92.2 cm³/mol. The van der Waals surface area contributed by atoms with Gasteiger partial charge in [0.15, 0.2) is 5.65 Å². The zero-order valence-corrected chi connectivity index (χ0v) is 13.4. The highest BCUT2D eigenvalue weighted by molar-refractivity contribution is 5.75. The second-order valence-corrected chi connectivity index (χ2v) is 5.77. The van der Waals surface area contributed by atoms with Gasteiger partial charge in [0.1, 0.15) is 11.2 Å². The first-order chi connectivity index (χ1) is 11.6. The lowest BCUT2D eigenvalue weighted by molar-refractivity contribution is 0.775. The number of aryl methyl sites for hydroxylation is 1. The molecule has 0 aliphatic rings. The summed E-state index contributed by atoms with van der Waals surface area (Å²) in [4.78, 5) is 29.2. The molecule has 8 heteroatoms. The van der Waals surface area contributed by atoms with Gasteiger partial charge in [-0.2, -0.15) is 10.1 Å². The molecule has 0 unspecified atom stereocenters. The van der Waals surface area contributed by atoms with Crippen molar-refractivity contribution in [3.05, 3.63) is 46.6 Å². The Hall–Kier alpha value is -3.16. The van der Waals surface area contributed by atoms with Crippen molar-refractivity contribution in [3.8, 4) is 0 Å². The third-order valence-electron chi connectivity index (χ3n) is 4.07. The Balaban J connectivity index is 1.56. The molecule has 0 bridgehead atoms. The van der Waals surface area contributed by atoms with Crippen LogP contribution in [0.15, 0.2) is 35.3 Å². The first-order valence-electron chi connectivity index (χ1n) is 7.68. The normalized spacial score (nSPS) is 11.4. The van der Waals surface area contributed by atoms with E-state index in [2.05, 4.69) is 25.0 Å². The lowest BCUT2D eigenvalue weighted by Crippen LogP contribution is -2.25. The summed E-state index contributed by atoms with van der Waals surface area (Å²) in [7, 11) is 3.66. The molecule has 0 aliphatic carbocycles. The summed E-state index contributed by atoms with van der Waals surface area (Å²) in [6.07, 6.45) is 2.25. The van der Waals surface area contributed by atoms with Crippen molar-refractivity contribution in [3.63, 3.8) is 0 Å². The third-order valence-corrected chi connectivity index (χ3v) is 4.07. The predicted octanol–water partition coefficient (Wildman–Crippen LogP) is 1.21. The van der Waals surface area contributed by atoms with Crippen LogP contribution in [-0.4, -0.2) is 43.3 Å². The Morgan fingerprint density at radius 3 is 2.88 bits per heavy atom. The van der Waals surface area contributed by atoms with Gasteiger partial charge in [-0.1, -0.05) is 12.1 Å². The van der Waals surface area contributed by atoms with Crippen LogP contribution in [0.5, 0.6) is 0 Å². The van der Waals surface area contributed by atoms with E-state index < -0.39 is 0 Å². The molecule has 3 heterocycles. The zero-order chi connectivity index (χ0) is 16.7. The fourth-order valence-corrected chi connectivity index (χ4v) is 2.71. The number of aromatic amines is 2. The number of fused-ring (bicyclic) bond motifs is 2. The average Bonchev–Trinajstić information content (AvgIpc) is 3.16. The number of anilines is 1. The van der Waals surface area contributed by atoms with E-state index in [1.165, 1.54) is 6.20 Å². The number of likely N-dealkylation sites (N-methyl/N-ethyl adjacent to an activating group) is 1. The molecule has 0 spiro atoms. The molecule has 4 aromatic rings. The first-order valence-corrected chi connectivity index (χ1v) is 7.68. The van der Waals surface area contributed by atoms with Crippen molar-refractivity contribution in [1.29, 1.82) is 0 Å². The maximum atomic E-state index is 12.1. The average molecular weight is 323 g/mol. The number of rotatable bonds is 4. The smallest absolute Gasteiger partial charge is 0.263 e. The Kier molecular flexibility index (Phi) is 3.30. The standard InChI is InChI=1S/C16H17N7O/c1-22(8-7-13-18-11-5-3-4-6-12(11)19-13)16-20-14-10(15(24)21-16)9-17-23(14)2/h3-6,9H,7-8H2,1-2H3,(H,18,19)(H,20,21,24). The molecule has 2 N–H and O–H groups in total. The van der Waals surface area contributed by atoms with Crippen LogP contribution in [0.2, 0.25) is 0 Å². The highest BCUT2D eigenvalue weighted by atomic mass is 16.1. The van der Waals surface area contributed by atoms with Crippen LogP contribution < -0.4 is 10.5 Å². The van der Waals surface area contributed by atoms with Crippen LogP contribution in [0.4, 0.5) is 5.95 Å². The van der Waals surface area contributed by atoms with Gasteiger partial charge in [-0.3, -0.25) is 14.5 Å². The van der Waals surface area contributed by atoms with Crippen molar-refractivity contribution in [2.75, 3.05) is 18.5 Å². The number of hydrogen-bond donors (Lipinski definition) is 2. The van der Waals surface area contributed by atoms with Gasteiger partial charge in [0, 0.05) is 27.1 Å². The van der Waals surface area contributed by atoms with Crippen molar-refractivity contribution in [2.45, 2.75) is 6.42 Å². The fourth-order valence-electron chi connectivity index (χ4n) is 2.71. The molecule has 0 aliphatic heterocycles. The number of H-pyrrole nitrogens is 2. The summed E-state index contributed by atoms with van der Waals surface area (Å²) < 4.78 is 1.60. The van der Waals surface area contributed by atoms with Crippen LogP contribution >= 0.6 is 0 Å². The van der Waals surface area contributed by atoms with Gasteiger partial charge in [-0.15, -0.1) is 0 Å². The highest BCUT2D eigenvalue weighted by Crippen LogP contribution is 2.13. The number of para-hydroxylation sites is 2. The van der Waals surface area contributed by atoms with Crippen LogP contribution in [0.25, 0.3) is 22.1 Å². The second kappa shape index (κ2) is 5.48. The van der Waals surface area contributed by atoms with Gasteiger partial charge in [0.25, 0.3) is 5.56 Å². The minimum Gasteiger partial charge on any atom is -0.345 e. The van der Waals surface area contributed by atoms with Crippen LogP contribution in [0, 0.1) is 0 Å². The van der Waals surface area contributed by atoms with E-state index in [1.54, 1.807) is 11.7 Å². The molecule has 0 amide bonds. The molecule has 4 rings (SSSR count). The Bertz CT molecular complexity index is 1040. The first kappa shape index (κ1) is 14.4.